The molecule has 2 aliphatic rings. The van der Waals surface area contributed by atoms with E-state index in [4.69, 9.17) is 5.10 Å². The number of likely N-dealkylation sites (N-methyl/N-ethyl adjacent to an activating group) is 1. The number of aromatic nitrogens is 2. The Bertz CT molecular complexity index is 1010. The number of aryl methyl sites for hydroxylation is 1. The van der Waals surface area contributed by atoms with Gasteiger partial charge in [0.15, 0.2) is 0 Å². The Hall–Kier alpha value is -2.61. The average molecular weight is 499 g/mol. The largest absolute Gasteiger partial charge is 0.354 e. The number of nitrogens with one attached hydrogen (secondary N) is 1. The maximum Gasteiger partial charge on any atom is 0.317 e. The molecule has 4 rings (SSSR count). The Labute approximate surface area is 215 Å². The summed E-state index contributed by atoms with van der Waals surface area (Å²) in [6.07, 6.45) is 5.75. The van der Waals surface area contributed by atoms with Crippen molar-refractivity contribution >= 4 is 11.8 Å². The molecule has 1 aliphatic heterocycles. The number of piperazine rings is 1. The SMILES string of the molecule is CCN1CCN(c2c(CN(CC(C)C)C(=O)NC3CCCCC3)c(C)nn2-c2cccc(F)c2)CC1. The number of urea groups is 1. The molecule has 0 spiro atoms. The summed E-state index contributed by atoms with van der Waals surface area (Å²) in [5, 5.41) is 8.19. The van der Waals surface area contributed by atoms with Crippen LogP contribution in [0, 0.1) is 18.7 Å². The first-order chi connectivity index (χ1) is 17.4. The van der Waals surface area contributed by atoms with E-state index in [1.165, 1.54) is 31.4 Å². The second kappa shape index (κ2) is 12.1. The van der Waals surface area contributed by atoms with E-state index in [2.05, 4.69) is 35.9 Å². The van der Waals surface area contributed by atoms with Gasteiger partial charge in [0, 0.05) is 44.3 Å². The Kier molecular flexibility index (Phi) is 8.88. The van der Waals surface area contributed by atoms with Crippen LogP contribution >= 0.6 is 0 Å². The van der Waals surface area contributed by atoms with Gasteiger partial charge in [-0.1, -0.05) is 46.1 Å². The van der Waals surface area contributed by atoms with Gasteiger partial charge in [0.1, 0.15) is 11.6 Å². The van der Waals surface area contributed by atoms with Gasteiger partial charge < -0.3 is 20.0 Å². The molecule has 1 saturated heterocycles. The lowest BCUT2D eigenvalue weighted by Gasteiger charge is -2.36. The number of amides is 2. The maximum absolute atomic E-state index is 14.2. The molecule has 2 aromatic rings. The minimum Gasteiger partial charge on any atom is -0.354 e. The minimum atomic E-state index is -0.280. The van der Waals surface area contributed by atoms with Gasteiger partial charge in [-0.3, -0.25) is 0 Å². The second-order valence-corrected chi connectivity index (χ2v) is 10.8. The molecule has 1 saturated carbocycles. The molecule has 36 heavy (non-hydrogen) atoms. The van der Waals surface area contributed by atoms with Gasteiger partial charge >= 0.3 is 6.03 Å². The van der Waals surface area contributed by atoms with Crippen LogP contribution in [-0.4, -0.2) is 70.9 Å². The number of hydrogen-bond donors (Lipinski definition) is 1. The molecule has 1 aromatic heterocycles. The van der Waals surface area contributed by atoms with Crippen LogP contribution in [0.4, 0.5) is 15.0 Å². The standard InChI is InChI=1S/C28H43FN6O/c1-5-32-14-16-33(17-15-32)27-26(22(4)31-35(27)25-13-9-10-23(29)18-25)20-34(19-21(2)3)28(36)30-24-11-7-6-8-12-24/h9-10,13,18,21,24H,5-8,11-12,14-17,19-20H2,1-4H3,(H,30,36). The van der Waals surface area contributed by atoms with Gasteiger partial charge in [-0.2, -0.15) is 5.10 Å². The van der Waals surface area contributed by atoms with Crippen molar-refractivity contribution in [3.05, 3.63) is 41.3 Å². The summed E-state index contributed by atoms with van der Waals surface area (Å²) in [4.78, 5) is 20.2. The van der Waals surface area contributed by atoms with Crippen molar-refractivity contribution in [2.75, 3.05) is 44.2 Å². The van der Waals surface area contributed by atoms with Crippen LogP contribution in [0.1, 0.15) is 64.1 Å². The highest BCUT2D eigenvalue weighted by molar-refractivity contribution is 5.75. The summed E-state index contributed by atoms with van der Waals surface area (Å²) in [7, 11) is 0. The molecule has 2 fully saturated rings. The smallest absolute Gasteiger partial charge is 0.317 e. The molecule has 198 valence electrons. The molecule has 2 heterocycles. The molecule has 0 unspecified atom stereocenters. The summed E-state index contributed by atoms with van der Waals surface area (Å²) in [6, 6.07) is 6.88. The maximum atomic E-state index is 14.2. The number of hydrogen-bond acceptors (Lipinski definition) is 4. The van der Waals surface area contributed by atoms with E-state index in [1.807, 2.05) is 22.6 Å². The Morgan fingerprint density at radius 1 is 1.17 bits per heavy atom. The van der Waals surface area contributed by atoms with Gasteiger partial charge in [0.25, 0.3) is 0 Å². The fourth-order valence-corrected chi connectivity index (χ4v) is 5.48. The number of benzene rings is 1. The Morgan fingerprint density at radius 3 is 2.53 bits per heavy atom. The molecule has 0 bridgehead atoms. The zero-order chi connectivity index (χ0) is 25.7. The van der Waals surface area contributed by atoms with E-state index in [9.17, 15) is 9.18 Å². The molecule has 1 aliphatic carbocycles. The highest BCUT2D eigenvalue weighted by Crippen LogP contribution is 2.30. The van der Waals surface area contributed by atoms with Crippen LogP contribution in [0.25, 0.3) is 5.69 Å². The van der Waals surface area contributed by atoms with Crippen LogP contribution in [0.15, 0.2) is 24.3 Å². The zero-order valence-corrected chi connectivity index (χ0v) is 22.5. The van der Waals surface area contributed by atoms with E-state index < -0.39 is 0 Å². The van der Waals surface area contributed by atoms with Crippen molar-refractivity contribution < 1.29 is 9.18 Å². The number of carbonyl (C=O) groups is 1. The lowest BCUT2D eigenvalue weighted by molar-refractivity contribution is 0.180. The molecule has 2 amide bonds. The van der Waals surface area contributed by atoms with Crippen LogP contribution in [0.5, 0.6) is 0 Å². The zero-order valence-electron chi connectivity index (χ0n) is 22.5. The molecule has 0 radical (unpaired) electrons. The first kappa shape index (κ1) is 26.5. The van der Waals surface area contributed by atoms with Crippen molar-refractivity contribution in [1.29, 1.82) is 0 Å². The van der Waals surface area contributed by atoms with E-state index >= 15 is 0 Å². The molecule has 1 N–H and O–H groups in total. The first-order valence-electron chi connectivity index (χ1n) is 13.7. The third-order valence-corrected chi connectivity index (χ3v) is 7.48. The predicted molar refractivity (Wildman–Crippen MR) is 143 cm³/mol. The van der Waals surface area contributed by atoms with Gasteiger partial charge in [-0.15, -0.1) is 0 Å². The van der Waals surface area contributed by atoms with E-state index in [0.717, 1.165) is 62.6 Å². The summed E-state index contributed by atoms with van der Waals surface area (Å²) in [5.41, 5.74) is 2.63. The molecule has 8 heteroatoms. The monoisotopic (exact) mass is 498 g/mol. The molecular weight excluding hydrogens is 455 g/mol. The van der Waals surface area contributed by atoms with Crippen molar-refractivity contribution in [3.8, 4) is 5.69 Å². The number of nitrogens with zero attached hydrogens (tertiary/aromatic N) is 5. The third-order valence-electron chi connectivity index (χ3n) is 7.48. The highest BCUT2D eigenvalue weighted by Gasteiger charge is 2.28. The average Bonchev–Trinajstić information content (AvgIpc) is 3.20. The van der Waals surface area contributed by atoms with Gasteiger partial charge in [0.05, 0.1) is 17.9 Å². The van der Waals surface area contributed by atoms with Crippen molar-refractivity contribution in [1.82, 2.24) is 24.9 Å². The Morgan fingerprint density at radius 2 is 1.89 bits per heavy atom. The summed E-state index contributed by atoms with van der Waals surface area (Å²) < 4.78 is 16.1. The fourth-order valence-electron chi connectivity index (χ4n) is 5.48. The molecule has 1 aromatic carbocycles. The fraction of sp³-hybridized carbons (Fsp3) is 0.643. The number of anilines is 1. The minimum absolute atomic E-state index is 0.00950. The lowest BCUT2D eigenvalue weighted by Crippen LogP contribution is -2.48. The van der Waals surface area contributed by atoms with E-state index in [1.54, 1.807) is 6.07 Å². The number of halogens is 1. The van der Waals surface area contributed by atoms with Gasteiger partial charge in [-0.25, -0.2) is 13.9 Å². The lowest BCUT2D eigenvalue weighted by atomic mass is 9.96. The van der Waals surface area contributed by atoms with Gasteiger partial charge in [-0.05, 0) is 50.4 Å². The predicted octanol–water partition coefficient (Wildman–Crippen LogP) is 4.96. The second-order valence-electron chi connectivity index (χ2n) is 10.8. The quantitative estimate of drug-likeness (QED) is 0.559. The van der Waals surface area contributed by atoms with Crippen molar-refractivity contribution in [2.24, 2.45) is 5.92 Å². The molecule has 7 nitrogen and oxygen atoms in total. The molecular formula is C28H43FN6O. The summed E-state index contributed by atoms with van der Waals surface area (Å²) in [6.45, 7) is 14.4. The Balaban J connectivity index is 1.66. The third kappa shape index (κ3) is 6.38. The van der Waals surface area contributed by atoms with Crippen LogP contribution in [0.2, 0.25) is 0 Å². The number of rotatable bonds is 8. The first-order valence-corrected chi connectivity index (χ1v) is 13.7. The summed E-state index contributed by atoms with van der Waals surface area (Å²) in [5.74, 6) is 1.04. The van der Waals surface area contributed by atoms with E-state index in [-0.39, 0.29) is 17.9 Å². The topological polar surface area (TPSA) is 56.6 Å². The molecule has 0 atom stereocenters. The van der Waals surface area contributed by atoms with Gasteiger partial charge in [0.2, 0.25) is 0 Å². The van der Waals surface area contributed by atoms with Crippen molar-refractivity contribution in [3.63, 3.8) is 0 Å². The van der Waals surface area contributed by atoms with Crippen molar-refractivity contribution in [2.45, 2.75) is 72.4 Å². The highest BCUT2D eigenvalue weighted by atomic mass is 19.1. The van der Waals surface area contributed by atoms with Crippen LogP contribution < -0.4 is 10.2 Å². The summed E-state index contributed by atoms with van der Waals surface area (Å²) >= 11 is 0. The van der Waals surface area contributed by atoms with E-state index in [0.29, 0.717) is 24.7 Å². The normalized spacial score (nSPS) is 17.6. The van der Waals surface area contributed by atoms with Crippen LogP contribution in [-0.2, 0) is 6.54 Å². The number of carbonyl (C=O) groups excluding carboxylic acids is 1. The van der Waals surface area contributed by atoms with Crippen LogP contribution in [0.3, 0.4) is 0 Å².